The SMILES string of the molecule is C/C(=N\OCc1ccccc1)NC(=O)c1cnccc1C(F)(F)F. The first kappa shape index (κ1) is 17.5. The zero-order valence-corrected chi connectivity index (χ0v) is 12.7. The average Bonchev–Trinajstić information content (AvgIpc) is 2.55. The predicted octanol–water partition coefficient (Wildman–Crippen LogP) is 3.38. The van der Waals surface area contributed by atoms with Gasteiger partial charge in [-0.1, -0.05) is 35.5 Å². The van der Waals surface area contributed by atoms with Gasteiger partial charge in [-0.3, -0.25) is 9.78 Å². The number of benzene rings is 1. The molecule has 1 aromatic carbocycles. The van der Waals surface area contributed by atoms with Crippen LogP contribution in [0.1, 0.15) is 28.4 Å². The molecule has 1 N–H and O–H groups in total. The molecule has 2 aromatic rings. The van der Waals surface area contributed by atoms with E-state index in [0.29, 0.717) is 0 Å². The summed E-state index contributed by atoms with van der Waals surface area (Å²) in [4.78, 5) is 20.6. The fourth-order valence-electron chi connectivity index (χ4n) is 1.85. The quantitative estimate of drug-likeness (QED) is 0.528. The third kappa shape index (κ3) is 4.80. The van der Waals surface area contributed by atoms with Crippen LogP contribution in [0, 0.1) is 0 Å². The standard InChI is InChI=1S/C16H14F3N3O2/c1-11(22-24-10-12-5-3-2-4-6-12)21-15(23)13-9-20-8-7-14(13)16(17,18)19/h2-9H,10H2,1H3,(H,21,22,23). The number of alkyl halides is 3. The maximum absolute atomic E-state index is 12.9. The van der Waals surface area contributed by atoms with Crippen LogP contribution in [0.15, 0.2) is 53.9 Å². The summed E-state index contributed by atoms with van der Waals surface area (Å²) in [7, 11) is 0. The van der Waals surface area contributed by atoms with Gasteiger partial charge in [-0.15, -0.1) is 0 Å². The van der Waals surface area contributed by atoms with Gasteiger partial charge in [-0.05, 0) is 18.6 Å². The minimum atomic E-state index is -4.65. The van der Waals surface area contributed by atoms with E-state index in [1.165, 1.54) is 6.92 Å². The molecule has 0 aliphatic rings. The maximum Gasteiger partial charge on any atom is 0.417 e. The third-order valence-corrected chi connectivity index (χ3v) is 2.94. The smallest absolute Gasteiger partial charge is 0.390 e. The highest BCUT2D eigenvalue weighted by Crippen LogP contribution is 2.31. The van der Waals surface area contributed by atoms with E-state index < -0.39 is 23.2 Å². The fraction of sp³-hybridized carbons (Fsp3) is 0.188. The number of carbonyl (C=O) groups excluding carboxylic acids is 1. The summed E-state index contributed by atoms with van der Waals surface area (Å²) >= 11 is 0. The van der Waals surface area contributed by atoms with Crippen molar-refractivity contribution in [3.8, 4) is 0 Å². The Hall–Kier alpha value is -2.90. The molecular formula is C16H14F3N3O2. The molecule has 5 nitrogen and oxygen atoms in total. The minimum Gasteiger partial charge on any atom is -0.390 e. The number of hydrogen-bond acceptors (Lipinski definition) is 4. The fourth-order valence-corrected chi connectivity index (χ4v) is 1.85. The Morgan fingerprint density at radius 3 is 2.62 bits per heavy atom. The van der Waals surface area contributed by atoms with E-state index in [4.69, 9.17) is 4.84 Å². The average molecular weight is 337 g/mol. The number of hydrogen-bond donors (Lipinski definition) is 1. The van der Waals surface area contributed by atoms with Gasteiger partial charge in [0, 0.05) is 12.4 Å². The van der Waals surface area contributed by atoms with Crippen molar-refractivity contribution in [2.24, 2.45) is 5.16 Å². The zero-order valence-electron chi connectivity index (χ0n) is 12.7. The van der Waals surface area contributed by atoms with E-state index in [2.05, 4.69) is 15.5 Å². The van der Waals surface area contributed by atoms with Gasteiger partial charge >= 0.3 is 6.18 Å². The van der Waals surface area contributed by atoms with Crippen molar-refractivity contribution in [1.29, 1.82) is 0 Å². The largest absolute Gasteiger partial charge is 0.417 e. The van der Waals surface area contributed by atoms with Crippen LogP contribution < -0.4 is 5.32 Å². The van der Waals surface area contributed by atoms with Gasteiger partial charge in [-0.25, -0.2) is 0 Å². The van der Waals surface area contributed by atoms with Crippen molar-refractivity contribution in [3.63, 3.8) is 0 Å². The van der Waals surface area contributed by atoms with Crippen molar-refractivity contribution in [2.75, 3.05) is 0 Å². The predicted molar refractivity (Wildman–Crippen MR) is 81.0 cm³/mol. The Morgan fingerprint density at radius 2 is 1.96 bits per heavy atom. The number of amides is 1. The maximum atomic E-state index is 12.9. The summed E-state index contributed by atoms with van der Waals surface area (Å²) in [6.07, 6.45) is -2.82. The molecule has 0 unspecified atom stereocenters. The lowest BCUT2D eigenvalue weighted by Gasteiger charge is -2.11. The molecule has 0 bridgehead atoms. The number of carbonyl (C=O) groups is 1. The first-order chi connectivity index (χ1) is 11.4. The molecule has 1 heterocycles. The van der Waals surface area contributed by atoms with Crippen molar-refractivity contribution in [2.45, 2.75) is 19.7 Å². The highest BCUT2D eigenvalue weighted by molar-refractivity contribution is 6.06. The summed E-state index contributed by atoms with van der Waals surface area (Å²) in [5.74, 6) is -0.923. The molecule has 0 saturated carbocycles. The Morgan fingerprint density at radius 1 is 1.25 bits per heavy atom. The Bertz CT molecular complexity index is 731. The highest BCUT2D eigenvalue weighted by atomic mass is 19.4. The van der Waals surface area contributed by atoms with Gasteiger partial charge in [0.05, 0.1) is 11.1 Å². The number of aromatic nitrogens is 1. The van der Waals surface area contributed by atoms with E-state index in [9.17, 15) is 18.0 Å². The molecule has 1 amide bonds. The molecule has 0 atom stereocenters. The summed E-state index contributed by atoms with van der Waals surface area (Å²) < 4.78 is 38.6. The third-order valence-electron chi connectivity index (χ3n) is 2.94. The van der Waals surface area contributed by atoms with Gasteiger partial charge in [0.2, 0.25) is 0 Å². The second-order valence-corrected chi connectivity index (χ2v) is 4.81. The second-order valence-electron chi connectivity index (χ2n) is 4.81. The molecule has 0 spiro atoms. The van der Waals surface area contributed by atoms with E-state index >= 15 is 0 Å². The van der Waals surface area contributed by atoms with Crippen molar-refractivity contribution >= 4 is 11.7 Å². The number of oxime groups is 1. The highest BCUT2D eigenvalue weighted by Gasteiger charge is 2.35. The molecule has 2 rings (SSSR count). The Labute approximate surface area is 136 Å². The number of rotatable bonds is 4. The summed E-state index contributed by atoms with van der Waals surface area (Å²) in [6, 6.07) is 9.91. The van der Waals surface area contributed by atoms with Crippen molar-refractivity contribution < 1.29 is 22.8 Å². The van der Waals surface area contributed by atoms with E-state index in [1.807, 2.05) is 30.3 Å². The summed E-state index contributed by atoms with van der Waals surface area (Å²) in [6.45, 7) is 1.58. The van der Waals surface area contributed by atoms with Crippen LogP contribution in [0.2, 0.25) is 0 Å². The van der Waals surface area contributed by atoms with E-state index in [0.717, 1.165) is 24.0 Å². The zero-order chi connectivity index (χ0) is 17.6. The second kappa shape index (κ2) is 7.58. The van der Waals surface area contributed by atoms with Crippen LogP contribution in [-0.4, -0.2) is 16.7 Å². The number of amidine groups is 1. The number of pyridine rings is 1. The van der Waals surface area contributed by atoms with E-state index in [1.54, 1.807) is 0 Å². The van der Waals surface area contributed by atoms with Crippen LogP contribution >= 0.6 is 0 Å². The van der Waals surface area contributed by atoms with Crippen LogP contribution in [-0.2, 0) is 17.6 Å². The topological polar surface area (TPSA) is 63.6 Å². The van der Waals surface area contributed by atoms with Gasteiger partial charge in [0.25, 0.3) is 5.91 Å². The van der Waals surface area contributed by atoms with Crippen molar-refractivity contribution in [1.82, 2.24) is 10.3 Å². The molecule has 126 valence electrons. The lowest BCUT2D eigenvalue weighted by Crippen LogP contribution is -2.30. The van der Waals surface area contributed by atoms with Gasteiger partial charge in [0.15, 0.2) is 0 Å². The molecule has 0 radical (unpaired) electrons. The first-order valence-corrected chi connectivity index (χ1v) is 6.91. The summed E-state index contributed by atoms with van der Waals surface area (Å²) in [5, 5.41) is 5.90. The molecule has 0 aliphatic carbocycles. The Kier molecular flexibility index (Phi) is 5.51. The van der Waals surface area contributed by atoms with Gasteiger partial charge in [0.1, 0.15) is 12.4 Å². The summed E-state index contributed by atoms with van der Waals surface area (Å²) in [5.41, 5.74) is -0.775. The first-order valence-electron chi connectivity index (χ1n) is 6.91. The molecule has 8 heteroatoms. The lowest BCUT2D eigenvalue weighted by molar-refractivity contribution is -0.138. The van der Waals surface area contributed by atoms with Gasteiger partial charge < -0.3 is 10.2 Å². The van der Waals surface area contributed by atoms with Crippen LogP contribution in [0.4, 0.5) is 13.2 Å². The van der Waals surface area contributed by atoms with E-state index in [-0.39, 0.29) is 12.4 Å². The molecule has 1 aromatic heterocycles. The van der Waals surface area contributed by atoms with Gasteiger partial charge in [-0.2, -0.15) is 13.2 Å². The monoisotopic (exact) mass is 337 g/mol. The van der Waals surface area contributed by atoms with Crippen LogP contribution in [0.5, 0.6) is 0 Å². The van der Waals surface area contributed by atoms with Crippen molar-refractivity contribution in [3.05, 3.63) is 65.5 Å². The lowest BCUT2D eigenvalue weighted by atomic mass is 10.1. The molecule has 24 heavy (non-hydrogen) atoms. The minimum absolute atomic E-state index is 0.0351. The number of nitrogens with one attached hydrogen (secondary N) is 1. The normalized spacial score (nSPS) is 11.9. The molecule has 0 fully saturated rings. The number of nitrogens with zero attached hydrogens (tertiary/aromatic N) is 2. The van der Waals surface area contributed by atoms with Crippen LogP contribution in [0.25, 0.3) is 0 Å². The molecular weight excluding hydrogens is 323 g/mol. The number of halogens is 3. The van der Waals surface area contributed by atoms with Crippen LogP contribution in [0.3, 0.4) is 0 Å². The molecule has 0 saturated heterocycles. The Balaban J connectivity index is 2.00. The molecule has 0 aliphatic heterocycles.